The smallest absolute Gasteiger partial charge is 0.0541 e. The second kappa shape index (κ2) is 12.3. The van der Waals surface area contributed by atoms with E-state index in [0.29, 0.717) is 0 Å². The lowest BCUT2D eigenvalue weighted by molar-refractivity contribution is 0.660. The molecule has 53 heavy (non-hydrogen) atoms. The van der Waals surface area contributed by atoms with Gasteiger partial charge in [0.05, 0.1) is 11.0 Å². The summed E-state index contributed by atoms with van der Waals surface area (Å²) in [6.45, 7) is 4.69. The molecule has 2 heteroatoms. The van der Waals surface area contributed by atoms with E-state index >= 15 is 0 Å². The van der Waals surface area contributed by atoms with Crippen LogP contribution in [0.1, 0.15) is 25.0 Å². The predicted molar refractivity (Wildman–Crippen MR) is 224 cm³/mol. The average Bonchev–Trinajstić information content (AvgIpc) is 3.67. The van der Waals surface area contributed by atoms with Crippen LogP contribution in [-0.4, -0.2) is 4.57 Å². The third kappa shape index (κ3) is 4.79. The zero-order valence-corrected chi connectivity index (χ0v) is 30.7. The number of fused-ring (bicyclic) bond motifs is 6. The van der Waals surface area contributed by atoms with Gasteiger partial charge in [-0.2, -0.15) is 0 Å². The zero-order chi connectivity index (χ0) is 35.6. The van der Waals surface area contributed by atoms with Crippen molar-refractivity contribution >= 4 is 31.8 Å². The topological polar surface area (TPSA) is 4.93 Å². The number of benzene rings is 8. The van der Waals surface area contributed by atoms with Gasteiger partial charge in [-0.25, -0.2) is 0 Å². The Balaban J connectivity index is 1.19. The Bertz CT molecular complexity index is 2740. The summed E-state index contributed by atoms with van der Waals surface area (Å²) >= 11 is 0. The van der Waals surface area contributed by atoms with Gasteiger partial charge in [-0.3, -0.25) is 0 Å². The standard InChI is InChI=1S/C51H39NS/c1-51(2)47-24-14-12-22-43(47)45-34-37(28-32-48(45)51)36-26-29-41(30-27-36)53(39-18-8-4-9-19-39,40-20-10-5-11-21-40)42-31-33-50-46(35-42)44-23-13-15-25-49(44)52(50)38-16-6-3-7-17-38/h3-35H,1-2H3. The average molecular weight is 698 g/mol. The van der Waals surface area contributed by atoms with Gasteiger partial charge in [0.25, 0.3) is 0 Å². The lowest BCUT2D eigenvalue weighted by Crippen LogP contribution is -2.14. The first-order valence-electron chi connectivity index (χ1n) is 18.4. The Morgan fingerprint density at radius 3 is 1.62 bits per heavy atom. The normalized spacial score (nSPS) is 13.5. The van der Waals surface area contributed by atoms with Crippen molar-refractivity contribution in [2.24, 2.45) is 0 Å². The molecule has 0 saturated heterocycles. The van der Waals surface area contributed by atoms with Gasteiger partial charge >= 0.3 is 0 Å². The Morgan fingerprint density at radius 1 is 0.377 bits per heavy atom. The van der Waals surface area contributed by atoms with Crippen molar-refractivity contribution in [3.8, 4) is 27.9 Å². The van der Waals surface area contributed by atoms with Crippen LogP contribution in [-0.2, 0) is 5.41 Å². The van der Waals surface area contributed by atoms with E-state index in [4.69, 9.17) is 0 Å². The third-order valence-electron chi connectivity index (χ3n) is 11.3. The summed E-state index contributed by atoms with van der Waals surface area (Å²) in [6, 6.07) is 74.6. The lowest BCUT2D eigenvalue weighted by atomic mass is 9.82. The molecule has 0 aliphatic heterocycles. The molecule has 1 heterocycles. The molecule has 0 unspecified atom stereocenters. The quantitative estimate of drug-likeness (QED) is 0.163. The van der Waals surface area contributed by atoms with Crippen LogP contribution < -0.4 is 0 Å². The molecule has 0 spiro atoms. The van der Waals surface area contributed by atoms with Gasteiger partial charge in [0.1, 0.15) is 0 Å². The molecule has 0 radical (unpaired) electrons. The minimum atomic E-state index is -1.90. The molecule has 9 aromatic rings. The van der Waals surface area contributed by atoms with Gasteiger partial charge in [-0.1, -0.05) is 135 Å². The number of aromatic nitrogens is 1. The van der Waals surface area contributed by atoms with Crippen molar-refractivity contribution in [1.29, 1.82) is 0 Å². The highest BCUT2D eigenvalue weighted by Gasteiger charge is 2.36. The zero-order valence-electron chi connectivity index (χ0n) is 29.9. The van der Waals surface area contributed by atoms with E-state index in [1.807, 2.05) is 0 Å². The molecule has 0 atom stereocenters. The molecular formula is C51H39NS. The maximum atomic E-state index is 2.49. The van der Waals surface area contributed by atoms with Crippen molar-refractivity contribution in [2.45, 2.75) is 38.8 Å². The van der Waals surface area contributed by atoms with Gasteiger partial charge in [0, 0.05) is 41.5 Å². The number of hydrogen-bond acceptors (Lipinski definition) is 0. The molecule has 0 fully saturated rings. The summed E-state index contributed by atoms with van der Waals surface area (Å²) in [7, 11) is -1.90. The number of hydrogen-bond donors (Lipinski definition) is 0. The molecule has 10 rings (SSSR count). The molecule has 0 amide bonds. The summed E-state index contributed by atoms with van der Waals surface area (Å²) in [6.07, 6.45) is 0. The Kier molecular flexibility index (Phi) is 7.32. The van der Waals surface area contributed by atoms with Crippen LogP contribution in [0, 0.1) is 0 Å². The summed E-state index contributed by atoms with van der Waals surface area (Å²) in [5.41, 5.74) is 11.6. The Hall–Kier alpha value is -6.09. The molecule has 0 bridgehead atoms. The first kappa shape index (κ1) is 31.6. The molecular weight excluding hydrogens is 659 g/mol. The first-order valence-corrected chi connectivity index (χ1v) is 20.1. The van der Waals surface area contributed by atoms with Crippen LogP contribution in [0.5, 0.6) is 0 Å². The number of para-hydroxylation sites is 2. The Labute approximate surface area is 313 Å². The monoisotopic (exact) mass is 697 g/mol. The molecule has 1 nitrogen and oxygen atoms in total. The fourth-order valence-corrected chi connectivity index (χ4v) is 12.7. The molecule has 1 aromatic heterocycles. The first-order chi connectivity index (χ1) is 26.0. The Morgan fingerprint density at radius 2 is 0.906 bits per heavy atom. The van der Waals surface area contributed by atoms with Crippen molar-refractivity contribution in [3.63, 3.8) is 0 Å². The van der Waals surface area contributed by atoms with Crippen molar-refractivity contribution in [1.82, 2.24) is 4.57 Å². The summed E-state index contributed by atoms with van der Waals surface area (Å²) in [5, 5.41) is 2.53. The van der Waals surface area contributed by atoms with Crippen molar-refractivity contribution in [2.75, 3.05) is 0 Å². The SMILES string of the molecule is CC1(C)c2ccccc2-c2cc(-c3ccc(S(c4ccccc4)(c4ccccc4)c4ccc5c(c4)c4ccccc4n5-c4ccccc4)cc3)ccc21. The number of rotatable bonds is 6. The maximum absolute atomic E-state index is 2.49. The highest BCUT2D eigenvalue weighted by Crippen LogP contribution is 2.73. The van der Waals surface area contributed by atoms with Gasteiger partial charge in [0.15, 0.2) is 0 Å². The van der Waals surface area contributed by atoms with Crippen molar-refractivity contribution in [3.05, 3.63) is 211 Å². The molecule has 254 valence electrons. The van der Waals surface area contributed by atoms with Crippen LogP contribution in [0.3, 0.4) is 0 Å². The second-order valence-corrected chi connectivity index (χ2v) is 17.7. The van der Waals surface area contributed by atoms with Crippen LogP contribution >= 0.6 is 10.0 Å². The van der Waals surface area contributed by atoms with E-state index in [-0.39, 0.29) is 5.41 Å². The minimum Gasteiger partial charge on any atom is -0.309 e. The summed E-state index contributed by atoms with van der Waals surface area (Å²) < 4.78 is 2.40. The summed E-state index contributed by atoms with van der Waals surface area (Å²) in [4.78, 5) is 5.28. The van der Waals surface area contributed by atoms with E-state index in [9.17, 15) is 0 Å². The van der Waals surface area contributed by atoms with Gasteiger partial charge in [0.2, 0.25) is 0 Å². The van der Waals surface area contributed by atoms with Crippen LogP contribution in [0.4, 0.5) is 0 Å². The number of nitrogens with zero attached hydrogens (tertiary/aromatic N) is 1. The van der Waals surface area contributed by atoms with Gasteiger partial charge in [-0.15, -0.1) is 10.0 Å². The third-order valence-corrected chi connectivity index (χ3v) is 15.2. The fourth-order valence-electron chi connectivity index (χ4n) is 8.81. The van der Waals surface area contributed by atoms with E-state index in [1.165, 1.54) is 80.5 Å². The van der Waals surface area contributed by atoms with E-state index < -0.39 is 10.0 Å². The maximum Gasteiger partial charge on any atom is 0.0541 e. The summed E-state index contributed by atoms with van der Waals surface area (Å²) in [5.74, 6) is 0. The molecule has 1 aliphatic carbocycles. The van der Waals surface area contributed by atoms with Crippen LogP contribution in [0.2, 0.25) is 0 Å². The fraction of sp³-hybridized carbons (Fsp3) is 0.0588. The van der Waals surface area contributed by atoms with Crippen molar-refractivity contribution < 1.29 is 0 Å². The predicted octanol–water partition coefficient (Wildman–Crippen LogP) is 14.1. The molecule has 0 N–H and O–H groups in total. The second-order valence-electron chi connectivity index (χ2n) is 14.6. The molecule has 1 aliphatic rings. The molecule has 0 saturated carbocycles. The van der Waals surface area contributed by atoms with Gasteiger partial charge < -0.3 is 4.57 Å². The van der Waals surface area contributed by atoms with Gasteiger partial charge in [-0.05, 0) is 112 Å². The highest BCUT2D eigenvalue weighted by atomic mass is 32.3. The van der Waals surface area contributed by atoms with E-state index in [0.717, 1.165) is 0 Å². The largest absolute Gasteiger partial charge is 0.309 e. The lowest BCUT2D eigenvalue weighted by Gasteiger charge is -2.42. The van der Waals surface area contributed by atoms with Crippen LogP contribution in [0.15, 0.2) is 220 Å². The van der Waals surface area contributed by atoms with Crippen LogP contribution in [0.25, 0.3) is 49.7 Å². The van der Waals surface area contributed by atoms with E-state index in [2.05, 4.69) is 219 Å². The minimum absolute atomic E-state index is 0.00283. The van der Waals surface area contributed by atoms with E-state index in [1.54, 1.807) is 0 Å². The molecule has 8 aromatic carbocycles. The highest BCUT2D eigenvalue weighted by molar-refractivity contribution is 8.34.